The fourth-order valence-corrected chi connectivity index (χ4v) is 3.17. The Hall–Kier alpha value is -1.26. The van der Waals surface area contributed by atoms with Crippen molar-refractivity contribution < 1.29 is 19.4 Å². The average molecular weight is 313 g/mol. The third-order valence-electron chi connectivity index (χ3n) is 4.49. The lowest BCUT2D eigenvalue weighted by molar-refractivity contribution is -0.153. The van der Waals surface area contributed by atoms with E-state index >= 15 is 0 Å². The Morgan fingerprint density at radius 2 is 1.77 bits per heavy atom. The zero-order chi connectivity index (χ0) is 17.0. The number of ether oxygens (including phenoxy) is 1. The van der Waals surface area contributed by atoms with Crippen LogP contribution >= 0.6 is 0 Å². The second-order valence-electron chi connectivity index (χ2n) is 7.48. The summed E-state index contributed by atoms with van der Waals surface area (Å²) in [5, 5.41) is 12.6. The summed E-state index contributed by atoms with van der Waals surface area (Å²) in [6.45, 7) is 9.56. The summed E-state index contributed by atoms with van der Waals surface area (Å²) in [5.41, 5.74) is -1.47. The second kappa shape index (κ2) is 7.34. The molecule has 0 aromatic rings. The highest BCUT2D eigenvalue weighted by molar-refractivity contribution is 5.77. The van der Waals surface area contributed by atoms with Gasteiger partial charge >= 0.3 is 12.1 Å². The molecule has 2 N–H and O–H groups in total. The Balaban J connectivity index is 2.84. The van der Waals surface area contributed by atoms with E-state index in [1.54, 1.807) is 20.8 Å². The second-order valence-corrected chi connectivity index (χ2v) is 7.48. The average Bonchev–Trinajstić information content (AvgIpc) is 3.18. The number of rotatable bonds is 8. The Kier molecular flexibility index (Phi) is 6.27. The topological polar surface area (TPSA) is 75.6 Å². The molecule has 0 aliphatic heterocycles. The van der Waals surface area contributed by atoms with Gasteiger partial charge in [-0.3, -0.25) is 4.79 Å². The predicted molar refractivity (Wildman–Crippen MR) is 85.7 cm³/mol. The lowest BCUT2D eigenvalue weighted by Gasteiger charge is -2.37. The third kappa shape index (κ3) is 5.18. The molecule has 5 nitrogen and oxygen atoms in total. The van der Waals surface area contributed by atoms with Gasteiger partial charge in [0.2, 0.25) is 0 Å². The lowest BCUT2D eigenvalue weighted by atomic mass is 9.69. The fourth-order valence-electron chi connectivity index (χ4n) is 3.17. The fraction of sp³-hybridized carbons (Fsp3) is 0.882. The molecule has 0 aromatic carbocycles. The maximum Gasteiger partial charge on any atom is 0.407 e. The molecule has 22 heavy (non-hydrogen) atoms. The molecule has 1 saturated carbocycles. The zero-order valence-corrected chi connectivity index (χ0v) is 14.6. The van der Waals surface area contributed by atoms with Gasteiger partial charge in [-0.05, 0) is 39.0 Å². The van der Waals surface area contributed by atoms with Gasteiger partial charge in [-0.1, -0.05) is 39.5 Å². The number of amides is 1. The van der Waals surface area contributed by atoms with Crippen LogP contribution < -0.4 is 5.32 Å². The predicted octanol–water partition coefficient (Wildman–Crippen LogP) is 3.82. The minimum atomic E-state index is -0.887. The van der Waals surface area contributed by atoms with Crippen LogP contribution in [-0.4, -0.2) is 29.3 Å². The first-order valence-corrected chi connectivity index (χ1v) is 8.34. The van der Waals surface area contributed by atoms with E-state index in [1.165, 1.54) is 0 Å². The van der Waals surface area contributed by atoms with Gasteiger partial charge in [-0.25, -0.2) is 4.79 Å². The molecule has 1 rings (SSSR count). The molecule has 1 atom stereocenters. The molecule has 1 unspecified atom stereocenters. The van der Waals surface area contributed by atoms with E-state index in [9.17, 15) is 14.7 Å². The van der Waals surface area contributed by atoms with E-state index in [0.717, 1.165) is 25.7 Å². The highest BCUT2D eigenvalue weighted by atomic mass is 16.6. The summed E-state index contributed by atoms with van der Waals surface area (Å²) in [6.07, 6.45) is 3.89. The number of carboxylic acids is 1. The standard InChI is InChI=1S/C17H31NO4/c1-6-13(7-2)17(14(19)20,10-12-8-9-12)11-18-15(21)22-16(3,4)5/h12-13H,6-11H2,1-5H3,(H,18,21)(H,19,20). The number of hydrogen-bond acceptors (Lipinski definition) is 3. The van der Waals surface area contributed by atoms with Gasteiger partial charge in [0.1, 0.15) is 5.60 Å². The largest absolute Gasteiger partial charge is 0.481 e. The molecule has 1 amide bonds. The number of nitrogens with one attached hydrogen (secondary N) is 1. The van der Waals surface area contributed by atoms with E-state index in [2.05, 4.69) is 5.32 Å². The highest BCUT2D eigenvalue weighted by Gasteiger charge is 2.48. The van der Waals surface area contributed by atoms with E-state index in [-0.39, 0.29) is 12.5 Å². The van der Waals surface area contributed by atoms with Crippen molar-refractivity contribution in [3.63, 3.8) is 0 Å². The monoisotopic (exact) mass is 313 g/mol. The van der Waals surface area contributed by atoms with Crippen LogP contribution in [0, 0.1) is 17.3 Å². The Morgan fingerprint density at radius 1 is 1.23 bits per heavy atom. The molecule has 128 valence electrons. The van der Waals surface area contributed by atoms with E-state index in [0.29, 0.717) is 12.3 Å². The number of alkyl carbamates (subject to hydrolysis) is 1. The summed E-state index contributed by atoms with van der Waals surface area (Å²) >= 11 is 0. The van der Waals surface area contributed by atoms with Crippen LogP contribution in [0.4, 0.5) is 4.79 Å². The van der Waals surface area contributed by atoms with E-state index < -0.39 is 23.1 Å². The molecule has 0 heterocycles. The van der Waals surface area contributed by atoms with Crippen LogP contribution in [0.3, 0.4) is 0 Å². The van der Waals surface area contributed by atoms with Gasteiger partial charge < -0.3 is 15.2 Å². The quantitative estimate of drug-likeness (QED) is 0.714. The molecular weight excluding hydrogens is 282 g/mol. The Labute approximate surface area is 133 Å². The molecule has 0 bridgehead atoms. The number of hydrogen-bond donors (Lipinski definition) is 2. The van der Waals surface area contributed by atoms with Crippen molar-refractivity contribution in [3.05, 3.63) is 0 Å². The summed E-state index contributed by atoms with van der Waals surface area (Å²) in [7, 11) is 0. The van der Waals surface area contributed by atoms with Crippen molar-refractivity contribution in [2.24, 2.45) is 17.3 Å². The first kappa shape index (κ1) is 18.8. The first-order chi connectivity index (χ1) is 10.1. The zero-order valence-electron chi connectivity index (χ0n) is 14.6. The van der Waals surface area contributed by atoms with Crippen LogP contribution in [0.5, 0.6) is 0 Å². The van der Waals surface area contributed by atoms with Crippen molar-refractivity contribution in [3.8, 4) is 0 Å². The minimum absolute atomic E-state index is 0.0561. The SMILES string of the molecule is CCC(CC)C(CNC(=O)OC(C)(C)C)(CC1CC1)C(=O)O. The molecule has 0 spiro atoms. The molecule has 1 aliphatic rings. The Morgan fingerprint density at radius 3 is 2.14 bits per heavy atom. The van der Waals surface area contributed by atoms with Gasteiger partial charge in [0.05, 0.1) is 5.41 Å². The number of aliphatic carboxylic acids is 1. The molecule has 1 aliphatic carbocycles. The maximum atomic E-state index is 12.0. The molecule has 0 saturated heterocycles. The van der Waals surface area contributed by atoms with Crippen LogP contribution in [0.25, 0.3) is 0 Å². The van der Waals surface area contributed by atoms with Gasteiger partial charge in [0, 0.05) is 6.54 Å². The number of carbonyl (C=O) groups excluding carboxylic acids is 1. The van der Waals surface area contributed by atoms with E-state index in [4.69, 9.17) is 4.74 Å². The maximum absolute atomic E-state index is 12.0. The summed E-state index contributed by atoms with van der Waals surface area (Å²) in [5.74, 6) is -0.262. The van der Waals surface area contributed by atoms with Crippen molar-refractivity contribution >= 4 is 12.1 Å². The molecule has 1 fully saturated rings. The van der Waals surface area contributed by atoms with Crippen LogP contribution in [-0.2, 0) is 9.53 Å². The van der Waals surface area contributed by atoms with Crippen molar-refractivity contribution in [2.45, 2.75) is 72.3 Å². The molecule has 0 radical (unpaired) electrons. The molecule has 5 heteroatoms. The molecular formula is C17H31NO4. The van der Waals surface area contributed by atoms with Crippen LogP contribution in [0.2, 0.25) is 0 Å². The summed E-state index contributed by atoms with van der Waals surface area (Å²) < 4.78 is 5.24. The van der Waals surface area contributed by atoms with Crippen LogP contribution in [0.15, 0.2) is 0 Å². The summed E-state index contributed by atoms with van der Waals surface area (Å²) in [6, 6.07) is 0. The highest BCUT2D eigenvalue weighted by Crippen LogP contribution is 2.46. The van der Waals surface area contributed by atoms with Gasteiger partial charge in [0.25, 0.3) is 0 Å². The van der Waals surface area contributed by atoms with Crippen molar-refractivity contribution in [1.82, 2.24) is 5.32 Å². The number of carboxylic acid groups (broad SMARTS) is 1. The van der Waals surface area contributed by atoms with Crippen LogP contribution in [0.1, 0.15) is 66.7 Å². The lowest BCUT2D eigenvalue weighted by Crippen LogP contribution is -2.49. The van der Waals surface area contributed by atoms with Gasteiger partial charge in [0.15, 0.2) is 0 Å². The van der Waals surface area contributed by atoms with E-state index in [1.807, 2.05) is 13.8 Å². The van der Waals surface area contributed by atoms with Crippen molar-refractivity contribution in [1.29, 1.82) is 0 Å². The first-order valence-electron chi connectivity index (χ1n) is 8.34. The minimum Gasteiger partial charge on any atom is -0.481 e. The third-order valence-corrected chi connectivity index (χ3v) is 4.49. The van der Waals surface area contributed by atoms with Gasteiger partial charge in [-0.2, -0.15) is 0 Å². The normalized spacial score (nSPS) is 17.9. The smallest absolute Gasteiger partial charge is 0.407 e. The summed E-state index contributed by atoms with van der Waals surface area (Å²) in [4.78, 5) is 24.0. The molecule has 0 aromatic heterocycles. The van der Waals surface area contributed by atoms with Gasteiger partial charge in [-0.15, -0.1) is 0 Å². The number of carbonyl (C=O) groups is 2. The van der Waals surface area contributed by atoms with Crippen molar-refractivity contribution in [2.75, 3.05) is 6.54 Å². The Bertz CT molecular complexity index is 394.